The molecular weight excluding hydrogens is 224 g/mol. The number of carbonyl (C=O) groups is 1. The number of carbonyl (C=O) groups excluding carboxylic acids is 1. The molecule has 2 atom stereocenters. The summed E-state index contributed by atoms with van der Waals surface area (Å²) in [6.45, 7) is 0. The molecule has 88 valence electrons. The van der Waals surface area contributed by atoms with E-state index in [2.05, 4.69) is 21.8 Å². The first-order valence-electron chi connectivity index (χ1n) is 5.35. The summed E-state index contributed by atoms with van der Waals surface area (Å²) < 4.78 is 0. The third kappa shape index (κ3) is 2.16. The Balaban J connectivity index is 2.00. The van der Waals surface area contributed by atoms with Crippen LogP contribution in [0.4, 0.5) is 5.69 Å². The molecule has 0 saturated heterocycles. The quantitative estimate of drug-likeness (QED) is 0.736. The van der Waals surface area contributed by atoms with Gasteiger partial charge in [-0.15, -0.1) is 0 Å². The summed E-state index contributed by atoms with van der Waals surface area (Å²) in [6, 6.07) is 0.255. The molecule has 0 aliphatic heterocycles. The molecule has 1 aromatic rings. The zero-order valence-electron chi connectivity index (χ0n) is 9.19. The summed E-state index contributed by atoms with van der Waals surface area (Å²) >= 11 is 1.81. The van der Waals surface area contributed by atoms with Crippen molar-refractivity contribution in [2.24, 2.45) is 0 Å². The molecule has 6 heteroatoms. The first kappa shape index (κ1) is 11.3. The van der Waals surface area contributed by atoms with Crippen molar-refractivity contribution in [2.75, 3.05) is 12.0 Å². The second-order valence-corrected chi connectivity index (χ2v) is 5.06. The Bertz CT molecular complexity index is 379. The van der Waals surface area contributed by atoms with Crippen LogP contribution in [0.2, 0.25) is 0 Å². The highest BCUT2D eigenvalue weighted by Gasteiger charge is 2.28. The van der Waals surface area contributed by atoms with Gasteiger partial charge in [0.1, 0.15) is 5.69 Å². The predicted octanol–water partition coefficient (Wildman–Crippen LogP) is 1.01. The minimum absolute atomic E-state index is 0.152. The molecule has 1 aliphatic carbocycles. The number of hydrogen-bond acceptors (Lipinski definition) is 4. The van der Waals surface area contributed by atoms with Crippen LogP contribution in [-0.2, 0) is 0 Å². The van der Waals surface area contributed by atoms with Crippen LogP contribution >= 0.6 is 11.8 Å². The van der Waals surface area contributed by atoms with E-state index in [4.69, 9.17) is 5.73 Å². The number of nitrogens with one attached hydrogen (secondary N) is 2. The number of aromatic nitrogens is 2. The fraction of sp³-hybridized carbons (Fsp3) is 0.600. The molecule has 1 fully saturated rings. The molecule has 1 heterocycles. The second-order valence-electron chi connectivity index (χ2n) is 3.99. The van der Waals surface area contributed by atoms with E-state index < -0.39 is 0 Å². The third-order valence-corrected chi connectivity index (χ3v) is 4.14. The molecule has 5 nitrogen and oxygen atoms in total. The van der Waals surface area contributed by atoms with Crippen LogP contribution in [0.1, 0.15) is 29.8 Å². The highest BCUT2D eigenvalue weighted by atomic mass is 32.2. The maximum Gasteiger partial charge on any atom is 0.271 e. The largest absolute Gasteiger partial charge is 0.396 e. The number of nitrogens with zero attached hydrogens (tertiary/aromatic N) is 1. The zero-order valence-corrected chi connectivity index (χ0v) is 10.0. The predicted molar refractivity (Wildman–Crippen MR) is 65.4 cm³/mol. The Labute approximate surface area is 98.6 Å². The van der Waals surface area contributed by atoms with Crippen molar-refractivity contribution in [3.8, 4) is 0 Å². The fourth-order valence-electron chi connectivity index (χ4n) is 2.09. The first-order chi connectivity index (χ1) is 7.72. The van der Waals surface area contributed by atoms with E-state index in [1.54, 1.807) is 0 Å². The number of anilines is 1. The van der Waals surface area contributed by atoms with Gasteiger partial charge in [0, 0.05) is 11.3 Å². The SMILES string of the molecule is CSC1CCCC1NC(=O)c1[nH]ncc1N. The smallest absolute Gasteiger partial charge is 0.271 e. The van der Waals surface area contributed by atoms with Gasteiger partial charge in [-0.05, 0) is 19.1 Å². The summed E-state index contributed by atoms with van der Waals surface area (Å²) in [5.41, 5.74) is 6.39. The van der Waals surface area contributed by atoms with E-state index in [0.29, 0.717) is 16.6 Å². The van der Waals surface area contributed by atoms with Crippen molar-refractivity contribution >= 4 is 23.4 Å². The molecule has 0 spiro atoms. The summed E-state index contributed by atoms with van der Waals surface area (Å²) in [6.07, 6.45) is 6.93. The number of aromatic amines is 1. The Hall–Kier alpha value is -1.17. The molecule has 0 aromatic carbocycles. The Morgan fingerprint density at radius 3 is 3.12 bits per heavy atom. The number of thioether (sulfide) groups is 1. The van der Waals surface area contributed by atoms with Crippen molar-refractivity contribution in [2.45, 2.75) is 30.6 Å². The van der Waals surface area contributed by atoms with Gasteiger partial charge in [-0.3, -0.25) is 9.89 Å². The summed E-state index contributed by atoms with van der Waals surface area (Å²) in [5, 5.41) is 9.89. The van der Waals surface area contributed by atoms with Crippen molar-refractivity contribution in [1.29, 1.82) is 0 Å². The lowest BCUT2D eigenvalue weighted by atomic mass is 10.2. The van der Waals surface area contributed by atoms with E-state index in [1.807, 2.05) is 11.8 Å². The Morgan fingerprint density at radius 1 is 1.69 bits per heavy atom. The van der Waals surface area contributed by atoms with Gasteiger partial charge in [0.15, 0.2) is 0 Å². The van der Waals surface area contributed by atoms with Crippen LogP contribution in [0.15, 0.2) is 6.20 Å². The number of hydrogen-bond donors (Lipinski definition) is 3. The van der Waals surface area contributed by atoms with Crippen LogP contribution in [0, 0.1) is 0 Å². The van der Waals surface area contributed by atoms with Crippen LogP contribution in [0.3, 0.4) is 0 Å². The monoisotopic (exact) mass is 240 g/mol. The normalized spacial score (nSPS) is 24.6. The lowest BCUT2D eigenvalue weighted by molar-refractivity contribution is 0.0934. The van der Waals surface area contributed by atoms with Crippen molar-refractivity contribution < 1.29 is 4.79 Å². The van der Waals surface area contributed by atoms with E-state index in [1.165, 1.54) is 19.0 Å². The molecule has 4 N–H and O–H groups in total. The summed E-state index contributed by atoms with van der Waals surface area (Å²) in [4.78, 5) is 11.9. The molecule has 2 unspecified atom stereocenters. The minimum Gasteiger partial charge on any atom is -0.396 e. The molecule has 0 radical (unpaired) electrons. The average molecular weight is 240 g/mol. The van der Waals surface area contributed by atoms with Gasteiger partial charge in [-0.1, -0.05) is 6.42 Å². The topological polar surface area (TPSA) is 83.8 Å². The van der Waals surface area contributed by atoms with E-state index in [9.17, 15) is 4.79 Å². The maximum absolute atomic E-state index is 11.9. The van der Waals surface area contributed by atoms with Gasteiger partial charge in [0.25, 0.3) is 5.91 Å². The summed E-state index contributed by atoms with van der Waals surface area (Å²) in [5.74, 6) is -0.152. The zero-order chi connectivity index (χ0) is 11.5. The van der Waals surface area contributed by atoms with Crippen molar-refractivity contribution in [3.05, 3.63) is 11.9 Å². The fourth-order valence-corrected chi connectivity index (χ4v) is 3.03. The minimum atomic E-state index is -0.152. The first-order valence-corrected chi connectivity index (χ1v) is 6.63. The van der Waals surface area contributed by atoms with Gasteiger partial charge in [0.2, 0.25) is 0 Å². The highest BCUT2D eigenvalue weighted by Crippen LogP contribution is 2.28. The number of nitrogens with two attached hydrogens (primary N) is 1. The van der Waals surface area contributed by atoms with Crippen molar-refractivity contribution in [1.82, 2.24) is 15.5 Å². The molecule has 1 aromatic heterocycles. The van der Waals surface area contributed by atoms with Gasteiger partial charge in [-0.25, -0.2) is 0 Å². The Kier molecular flexibility index (Phi) is 3.38. The molecule has 16 heavy (non-hydrogen) atoms. The highest BCUT2D eigenvalue weighted by molar-refractivity contribution is 7.99. The van der Waals surface area contributed by atoms with Crippen LogP contribution in [0.5, 0.6) is 0 Å². The number of rotatable bonds is 3. The van der Waals surface area contributed by atoms with E-state index >= 15 is 0 Å². The molecule has 0 bridgehead atoms. The van der Waals surface area contributed by atoms with Gasteiger partial charge < -0.3 is 11.1 Å². The van der Waals surface area contributed by atoms with Crippen LogP contribution < -0.4 is 11.1 Å². The lowest BCUT2D eigenvalue weighted by Crippen LogP contribution is -2.39. The average Bonchev–Trinajstić information content (AvgIpc) is 2.86. The molecule has 1 amide bonds. The van der Waals surface area contributed by atoms with Crippen molar-refractivity contribution in [3.63, 3.8) is 0 Å². The molecule has 1 saturated carbocycles. The standard InChI is InChI=1S/C10H16N4OS/c1-16-8-4-2-3-7(8)13-10(15)9-6(11)5-12-14-9/h5,7-8H,2-4,11H2,1H3,(H,12,14)(H,13,15). The third-order valence-electron chi connectivity index (χ3n) is 2.97. The van der Waals surface area contributed by atoms with Crippen LogP contribution in [-0.4, -0.2) is 33.7 Å². The van der Waals surface area contributed by atoms with Gasteiger partial charge in [-0.2, -0.15) is 16.9 Å². The van der Waals surface area contributed by atoms with Gasteiger partial charge >= 0.3 is 0 Å². The second kappa shape index (κ2) is 4.78. The molecular formula is C10H16N4OS. The van der Waals surface area contributed by atoms with E-state index in [0.717, 1.165) is 6.42 Å². The number of H-pyrrole nitrogens is 1. The van der Waals surface area contributed by atoms with Gasteiger partial charge in [0.05, 0.1) is 11.9 Å². The lowest BCUT2D eigenvalue weighted by Gasteiger charge is -2.18. The summed E-state index contributed by atoms with van der Waals surface area (Å²) in [7, 11) is 0. The van der Waals surface area contributed by atoms with Crippen LogP contribution in [0.25, 0.3) is 0 Å². The van der Waals surface area contributed by atoms with E-state index in [-0.39, 0.29) is 11.9 Å². The number of amides is 1. The maximum atomic E-state index is 11.9. The molecule has 1 aliphatic rings. The Morgan fingerprint density at radius 2 is 2.50 bits per heavy atom. The number of nitrogen functional groups attached to an aromatic ring is 1. The molecule has 2 rings (SSSR count).